The number of carbonyl (C=O) groups is 1. The largest absolute Gasteiger partial charge is 0.416 e. The molecule has 2 N–H and O–H groups in total. The number of alkyl halides is 4. The minimum absolute atomic E-state index is 0.00620. The highest BCUT2D eigenvalue weighted by molar-refractivity contribution is 9.09. The van der Waals surface area contributed by atoms with Gasteiger partial charge in [0.2, 0.25) is 5.91 Å². The lowest BCUT2D eigenvalue weighted by Gasteiger charge is -2.19. The number of nitrogens with two attached hydrogens (primary N) is 1. The lowest BCUT2D eigenvalue weighted by atomic mass is 10.1. The molecule has 1 amide bonds. The average Bonchev–Trinajstić information content (AvgIpc) is 2.56. The number of nitrogen functional groups attached to an aromatic ring is 1. The molecule has 1 fully saturated rings. The Labute approximate surface area is 110 Å². The first-order valence-corrected chi connectivity index (χ1v) is 6.12. The maximum absolute atomic E-state index is 12.5. The molecule has 3 nitrogen and oxygen atoms in total. The molecule has 98 valence electrons. The van der Waals surface area contributed by atoms with Crippen LogP contribution in [-0.4, -0.2) is 17.3 Å². The van der Waals surface area contributed by atoms with Gasteiger partial charge in [0.25, 0.3) is 0 Å². The zero-order valence-corrected chi connectivity index (χ0v) is 10.8. The fourth-order valence-electron chi connectivity index (χ4n) is 1.87. The van der Waals surface area contributed by atoms with Gasteiger partial charge in [0, 0.05) is 17.8 Å². The molecule has 1 saturated heterocycles. The molecule has 1 heterocycles. The second-order valence-electron chi connectivity index (χ2n) is 4.08. The summed E-state index contributed by atoms with van der Waals surface area (Å²) in [6, 6.07) is 3.02. The third-order valence-electron chi connectivity index (χ3n) is 2.72. The van der Waals surface area contributed by atoms with E-state index < -0.39 is 11.7 Å². The van der Waals surface area contributed by atoms with E-state index in [-0.39, 0.29) is 16.4 Å². The van der Waals surface area contributed by atoms with Crippen LogP contribution >= 0.6 is 15.9 Å². The first kappa shape index (κ1) is 13.2. The topological polar surface area (TPSA) is 46.3 Å². The first-order valence-electron chi connectivity index (χ1n) is 5.20. The highest BCUT2D eigenvalue weighted by atomic mass is 79.9. The van der Waals surface area contributed by atoms with Crippen LogP contribution in [0.15, 0.2) is 18.2 Å². The number of anilines is 2. The molecule has 18 heavy (non-hydrogen) atoms. The Kier molecular flexibility index (Phi) is 3.27. The molecule has 1 aliphatic rings. The van der Waals surface area contributed by atoms with Crippen LogP contribution in [0.5, 0.6) is 0 Å². The number of hydrogen-bond donors (Lipinski definition) is 1. The van der Waals surface area contributed by atoms with Crippen molar-refractivity contribution in [3.8, 4) is 0 Å². The van der Waals surface area contributed by atoms with Crippen molar-refractivity contribution in [2.75, 3.05) is 17.2 Å². The zero-order chi connectivity index (χ0) is 13.5. The maximum atomic E-state index is 12.5. The smallest absolute Gasteiger partial charge is 0.397 e. The normalized spacial score (nSPS) is 20.6. The van der Waals surface area contributed by atoms with Gasteiger partial charge in [-0.25, -0.2) is 0 Å². The van der Waals surface area contributed by atoms with E-state index in [0.717, 1.165) is 12.1 Å². The van der Waals surface area contributed by atoms with Gasteiger partial charge in [-0.05, 0) is 18.2 Å². The fraction of sp³-hybridized carbons (Fsp3) is 0.364. The molecule has 0 saturated carbocycles. The summed E-state index contributed by atoms with van der Waals surface area (Å²) in [4.78, 5) is 13.0. The predicted octanol–water partition coefficient (Wildman–Crippen LogP) is 2.79. The van der Waals surface area contributed by atoms with Gasteiger partial charge in [0.05, 0.1) is 16.9 Å². The van der Waals surface area contributed by atoms with Crippen molar-refractivity contribution < 1.29 is 18.0 Å². The minimum atomic E-state index is -4.43. The summed E-state index contributed by atoms with van der Waals surface area (Å²) in [5.41, 5.74) is 5.07. The summed E-state index contributed by atoms with van der Waals surface area (Å²) >= 11 is 3.30. The molecule has 0 aliphatic carbocycles. The molecule has 1 atom stereocenters. The van der Waals surface area contributed by atoms with E-state index in [1.165, 1.54) is 11.0 Å². The predicted molar refractivity (Wildman–Crippen MR) is 65.5 cm³/mol. The number of amides is 1. The van der Waals surface area contributed by atoms with Crippen molar-refractivity contribution in [2.45, 2.75) is 17.4 Å². The van der Waals surface area contributed by atoms with Crippen molar-refractivity contribution >= 4 is 33.2 Å². The molecule has 0 radical (unpaired) electrons. The van der Waals surface area contributed by atoms with E-state index in [1.54, 1.807) is 0 Å². The van der Waals surface area contributed by atoms with Crippen LogP contribution in [0.1, 0.15) is 12.0 Å². The summed E-state index contributed by atoms with van der Waals surface area (Å²) in [6.45, 7) is 0.411. The van der Waals surface area contributed by atoms with Crippen LogP contribution in [0.2, 0.25) is 0 Å². The summed E-state index contributed by atoms with van der Waals surface area (Å²) < 4.78 is 37.4. The third kappa shape index (κ3) is 2.45. The van der Waals surface area contributed by atoms with E-state index in [0.29, 0.717) is 18.7 Å². The van der Waals surface area contributed by atoms with Crippen LogP contribution in [-0.2, 0) is 11.0 Å². The molecule has 1 aliphatic heterocycles. The monoisotopic (exact) mass is 322 g/mol. The number of benzene rings is 1. The second kappa shape index (κ2) is 4.46. The van der Waals surface area contributed by atoms with E-state index >= 15 is 0 Å². The average molecular weight is 323 g/mol. The van der Waals surface area contributed by atoms with E-state index in [4.69, 9.17) is 5.73 Å². The molecule has 0 bridgehead atoms. The number of halogens is 4. The van der Waals surface area contributed by atoms with Gasteiger partial charge < -0.3 is 10.6 Å². The first-order chi connectivity index (χ1) is 8.29. The Bertz CT molecular complexity index is 490. The minimum Gasteiger partial charge on any atom is -0.397 e. The summed E-state index contributed by atoms with van der Waals surface area (Å²) in [6.07, 6.45) is -4.11. The molecule has 1 aromatic carbocycles. The Hall–Kier alpha value is -1.24. The SMILES string of the molecule is Nc1cc(C(F)(F)F)ccc1N1CC(Br)CC1=O. The van der Waals surface area contributed by atoms with Gasteiger partial charge in [-0.15, -0.1) is 0 Å². The highest BCUT2D eigenvalue weighted by Crippen LogP contribution is 2.35. The van der Waals surface area contributed by atoms with Gasteiger partial charge in [-0.2, -0.15) is 13.2 Å². The lowest BCUT2D eigenvalue weighted by molar-refractivity contribution is -0.137. The molecule has 2 rings (SSSR count). The molecule has 1 unspecified atom stereocenters. The van der Waals surface area contributed by atoms with Gasteiger partial charge in [-0.3, -0.25) is 4.79 Å². The summed E-state index contributed by atoms with van der Waals surface area (Å²) in [5, 5.41) is 0. The molecule has 0 aromatic heterocycles. The van der Waals surface area contributed by atoms with Crippen LogP contribution in [0.4, 0.5) is 24.5 Å². The second-order valence-corrected chi connectivity index (χ2v) is 5.37. The van der Waals surface area contributed by atoms with Crippen molar-refractivity contribution in [3.05, 3.63) is 23.8 Å². The van der Waals surface area contributed by atoms with Crippen LogP contribution in [0.3, 0.4) is 0 Å². The summed E-state index contributed by atoms with van der Waals surface area (Å²) in [7, 11) is 0. The van der Waals surface area contributed by atoms with Crippen molar-refractivity contribution in [1.82, 2.24) is 0 Å². The third-order valence-corrected chi connectivity index (χ3v) is 3.34. The number of carbonyl (C=O) groups excluding carboxylic acids is 1. The van der Waals surface area contributed by atoms with Crippen molar-refractivity contribution in [1.29, 1.82) is 0 Å². The Morgan fingerprint density at radius 3 is 2.50 bits per heavy atom. The van der Waals surface area contributed by atoms with Crippen LogP contribution in [0, 0.1) is 0 Å². The quantitative estimate of drug-likeness (QED) is 0.638. The molecule has 1 aromatic rings. The van der Waals surface area contributed by atoms with Gasteiger partial charge in [0.15, 0.2) is 0 Å². The van der Waals surface area contributed by atoms with Gasteiger partial charge in [0.1, 0.15) is 0 Å². The lowest BCUT2D eigenvalue weighted by Crippen LogP contribution is -2.25. The van der Waals surface area contributed by atoms with Crippen molar-refractivity contribution in [2.24, 2.45) is 0 Å². The molecule has 7 heteroatoms. The van der Waals surface area contributed by atoms with E-state index in [2.05, 4.69) is 15.9 Å². The highest BCUT2D eigenvalue weighted by Gasteiger charge is 2.33. The van der Waals surface area contributed by atoms with Crippen LogP contribution < -0.4 is 10.6 Å². The molecule has 0 spiro atoms. The Balaban J connectivity index is 2.34. The van der Waals surface area contributed by atoms with Gasteiger partial charge >= 0.3 is 6.18 Å². The number of rotatable bonds is 1. The maximum Gasteiger partial charge on any atom is 0.416 e. The fourth-order valence-corrected chi connectivity index (χ4v) is 2.44. The standard InChI is InChI=1S/C11H10BrF3N2O/c12-7-4-10(18)17(5-7)9-2-1-6(3-8(9)16)11(13,14)15/h1-3,7H,4-5,16H2. The van der Waals surface area contributed by atoms with Gasteiger partial charge in [-0.1, -0.05) is 15.9 Å². The zero-order valence-electron chi connectivity index (χ0n) is 9.17. The number of nitrogens with zero attached hydrogens (tertiary/aromatic N) is 1. The Morgan fingerprint density at radius 2 is 2.06 bits per heavy atom. The summed E-state index contributed by atoms with van der Waals surface area (Å²) in [5.74, 6) is -0.150. The van der Waals surface area contributed by atoms with E-state index in [9.17, 15) is 18.0 Å². The van der Waals surface area contributed by atoms with E-state index in [1.807, 2.05) is 0 Å². The van der Waals surface area contributed by atoms with Crippen LogP contribution in [0.25, 0.3) is 0 Å². The van der Waals surface area contributed by atoms with Crippen molar-refractivity contribution in [3.63, 3.8) is 0 Å². The molecular weight excluding hydrogens is 313 g/mol. The molecular formula is C11H10BrF3N2O. The Morgan fingerprint density at radius 1 is 1.39 bits per heavy atom. The number of hydrogen-bond acceptors (Lipinski definition) is 2.